The van der Waals surface area contributed by atoms with Crippen LogP contribution in [-0.4, -0.2) is 33.4 Å². The summed E-state index contributed by atoms with van der Waals surface area (Å²) < 4.78 is 1.57. The van der Waals surface area contributed by atoms with E-state index in [0.717, 1.165) is 12.1 Å². The number of aliphatic hydroxyl groups is 1. The summed E-state index contributed by atoms with van der Waals surface area (Å²) in [4.78, 5) is 12.0. The summed E-state index contributed by atoms with van der Waals surface area (Å²) in [6.07, 6.45) is 0.926. The molecule has 0 aliphatic rings. The lowest BCUT2D eigenvalue weighted by atomic mass is 9.89. The minimum absolute atomic E-state index is 0.0477. The number of aryl methyl sites for hydroxylation is 2. The fourth-order valence-corrected chi connectivity index (χ4v) is 1.99. The number of hydrogen-bond acceptors (Lipinski definition) is 3. The molecule has 2 N–H and O–H groups in total. The first-order valence-corrected chi connectivity index (χ1v) is 6.72. The van der Waals surface area contributed by atoms with Gasteiger partial charge >= 0.3 is 0 Å². The predicted octanol–water partition coefficient (Wildman–Crippen LogP) is 1.51. The minimum atomic E-state index is -0.525. The molecular weight excluding hydrogens is 242 g/mol. The smallest absolute Gasteiger partial charge is 0.269 e. The molecule has 0 bridgehead atoms. The highest BCUT2D eigenvalue weighted by Crippen LogP contribution is 2.20. The number of carbonyl (C=O) groups excluding carboxylic acids is 1. The Morgan fingerprint density at radius 3 is 2.63 bits per heavy atom. The van der Waals surface area contributed by atoms with E-state index in [1.165, 1.54) is 0 Å². The summed E-state index contributed by atoms with van der Waals surface area (Å²) in [6, 6.07) is 1.78. The maximum Gasteiger partial charge on any atom is 0.269 e. The largest absolute Gasteiger partial charge is 0.391 e. The van der Waals surface area contributed by atoms with Gasteiger partial charge in [0.15, 0.2) is 0 Å². The molecule has 5 heteroatoms. The fourth-order valence-electron chi connectivity index (χ4n) is 1.99. The molecule has 5 nitrogen and oxygen atoms in total. The minimum Gasteiger partial charge on any atom is -0.391 e. The van der Waals surface area contributed by atoms with Gasteiger partial charge in [-0.25, -0.2) is 0 Å². The lowest BCUT2D eigenvalue weighted by Crippen LogP contribution is -2.35. The standard InChI is InChI=1S/C14H25N3O2/c1-6-10-7-12(17(5)16-10)13(19)15-9-11(18)8-14(2,3)4/h7,11,18H,6,8-9H2,1-5H3,(H,15,19). The van der Waals surface area contributed by atoms with Crippen LogP contribution in [0.1, 0.15) is 50.3 Å². The van der Waals surface area contributed by atoms with Crippen LogP contribution in [0.15, 0.2) is 6.07 Å². The number of carbonyl (C=O) groups is 1. The van der Waals surface area contributed by atoms with Crippen molar-refractivity contribution in [1.29, 1.82) is 0 Å². The molecule has 19 heavy (non-hydrogen) atoms. The lowest BCUT2D eigenvalue weighted by Gasteiger charge is -2.22. The summed E-state index contributed by atoms with van der Waals surface area (Å²) >= 11 is 0. The number of aliphatic hydroxyl groups excluding tert-OH is 1. The first kappa shape index (κ1) is 15.7. The molecule has 108 valence electrons. The van der Waals surface area contributed by atoms with Crippen molar-refractivity contribution in [3.05, 3.63) is 17.5 Å². The van der Waals surface area contributed by atoms with E-state index in [2.05, 4.69) is 31.2 Å². The van der Waals surface area contributed by atoms with Crippen molar-refractivity contribution in [2.75, 3.05) is 6.54 Å². The Balaban J connectivity index is 2.53. The lowest BCUT2D eigenvalue weighted by molar-refractivity contribution is 0.0860. The monoisotopic (exact) mass is 267 g/mol. The summed E-state index contributed by atoms with van der Waals surface area (Å²) in [7, 11) is 1.75. The maximum atomic E-state index is 12.0. The van der Waals surface area contributed by atoms with Gasteiger partial charge in [0.1, 0.15) is 5.69 Å². The van der Waals surface area contributed by atoms with Gasteiger partial charge in [-0.1, -0.05) is 27.7 Å². The molecule has 0 radical (unpaired) electrons. The highest BCUT2D eigenvalue weighted by Gasteiger charge is 2.18. The molecular formula is C14H25N3O2. The van der Waals surface area contributed by atoms with Crippen LogP contribution >= 0.6 is 0 Å². The first-order valence-electron chi connectivity index (χ1n) is 6.72. The second-order valence-corrected chi connectivity index (χ2v) is 6.13. The van der Waals surface area contributed by atoms with Crippen LogP contribution in [0.5, 0.6) is 0 Å². The van der Waals surface area contributed by atoms with E-state index in [9.17, 15) is 9.90 Å². The second kappa shape index (κ2) is 6.19. The van der Waals surface area contributed by atoms with Crippen molar-refractivity contribution in [3.63, 3.8) is 0 Å². The van der Waals surface area contributed by atoms with Crippen LogP contribution < -0.4 is 5.32 Å². The van der Waals surface area contributed by atoms with E-state index >= 15 is 0 Å². The predicted molar refractivity (Wildman–Crippen MR) is 75.0 cm³/mol. The van der Waals surface area contributed by atoms with Gasteiger partial charge in [0.05, 0.1) is 11.8 Å². The fraction of sp³-hybridized carbons (Fsp3) is 0.714. The van der Waals surface area contributed by atoms with E-state index in [-0.39, 0.29) is 17.9 Å². The van der Waals surface area contributed by atoms with Crippen molar-refractivity contribution in [1.82, 2.24) is 15.1 Å². The second-order valence-electron chi connectivity index (χ2n) is 6.13. The third kappa shape index (κ3) is 5.03. The highest BCUT2D eigenvalue weighted by molar-refractivity contribution is 5.92. The summed E-state index contributed by atoms with van der Waals surface area (Å²) in [5.41, 5.74) is 1.47. The summed E-state index contributed by atoms with van der Waals surface area (Å²) in [5.74, 6) is -0.192. The van der Waals surface area contributed by atoms with E-state index in [1.54, 1.807) is 17.8 Å². The third-order valence-electron chi connectivity index (χ3n) is 2.87. The number of hydrogen-bond donors (Lipinski definition) is 2. The quantitative estimate of drug-likeness (QED) is 0.849. The van der Waals surface area contributed by atoms with Crippen LogP contribution in [0.2, 0.25) is 0 Å². The molecule has 0 fully saturated rings. The van der Waals surface area contributed by atoms with Crippen molar-refractivity contribution in [2.24, 2.45) is 12.5 Å². The van der Waals surface area contributed by atoms with Crippen LogP contribution in [0.3, 0.4) is 0 Å². The molecule has 1 rings (SSSR count). The molecule has 1 heterocycles. The van der Waals surface area contributed by atoms with E-state index in [0.29, 0.717) is 12.1 Å². The zero-order valence-electron chi connectivity index (χ0n) is 12.5. The molecule has 1 amide bonds. The normalized spacial score (nSPS) is 13.4. The van der Waals surface area contributed by atoms with E-state index in [4.69, 9.17) is 0 Å². The number of rotatable bonds is 5. The topological polar surface area (TPSA) is 67.2 Å². The molecule has 0 spiro atoms. The maximum absolute atomic E-state index is 12.0. The number of aromatic nitrogens is 2. The Labute approximate surface area is 115 Å². The molecule has 1 aromatic heterocycles. The Bertz CT molecular complexity index is 432. The zero-order chi connectivity index (χ0) is 14.6. The van der Waals surface area contributed by atoms with Crippen molar-refractivity contribution in [2.45, 2.75) is 46.6 Å². The Kier molecular flexibility index (Phi) is 5.11. The van der Waals surface area contributed by atoms with Gasteiger partial charge in [-0.15, -0.1) is 0 Å². The number of nitrogens with one attached hydrogen (secondary N) is 1. The average Bonchev–Trinajstić information content (AvgIpc) is 2.65. The molecule has 0 aliphatic carbocycles. The Morgan fingerprint density at radius 2 is 2.16 bits per heavy atom. The van der Waals surface area contributed by atoms with Gasteiger partial charge in [0, 0.05) is 13.6 Å². The third-order valence-corrected chi connectivity index (χ3v) is 2.87. The van der Waals surface area contributed by atoms with E-state index < -0.39 is 6.10 Å². The average molecular weight is 267 g/mol. The van der Waals surface area contributed by atoms with Crippen LogP contribution in [0.25, 0.3) is 0 Å². The van der Waals surface area contributed by atoms with E-state index in [1.807, 2.05) is 6.92 Å². The molecule has 1 atom stereocenters. The summed E-state index contributed by atoms with van der Waals surface area (Å²) in [5, 5.41) is 16.8. The molecule has 0 saturated heterocycles. The van der Waals surface area contributed by atoms with Gasteiger partial charge < -0.3 is 10.4 Å². The zero-order valence-corrected chi connectivity index (χ0v) is 12.5. The van der Waals surface area contributed by atoms with Crippen LogP contribution in [0, 0.1) is 5.41 Å². The number of amides is 1. The van der Waals surface area contributed by atoms with Crippen molar-refractivity contribution < 1.29 is 9.90 Å². The molecule has 0 aromatic carbocycles. The van der Waals surface area contributed by atoms with Gasteiger partial charge in [-0.05, 0) is 24.3 Å². The van der Waals surface area contributed by atoms with Crippen molar-refractivity contribution >= 4 is 5.91 Å². The van der Waals surface area contributed by atoms with Crippen LogP contribution in [0.4, 0.5) is 0 Å². The highest BCUT2D eigenvalue weighted by atomic mass is 16.3. The van der Waals surface area contributed by atoms with Gasteiger partial charge in [-0.2, -0.15) is 5.10 Å². The van der Waals surface area contributed by atoms with Gasteiger partial charge in [0.25, 0.3) is 5.91 Å². The Hall–Kier alpha value is -1.36. The molecule has 1 aromatic rings. The Morgan fingerprint density at radius 1 is 1.53 bits per heavy atom. The summed E-state index contributed by atoms with van der Waals surface area (Å²) in [6.45, 7) is 8.45. The SMILES string of the molecule is CCc1cc(C(=O)NCC(O)CC(C)(C)C)n(C)n1. The molecule has 0 aliphatic heterocycles. The number of nitrogens with zero attached hydrogens (tertiary/aromatic N) is 2. The first-order chi connectivity index (χ1) is 8.73. The molecule has 1 unspecified atom stereocenters. The van der Waals surface area contributed by atoms with Gasteiger partial charge in [0.2, 0.25) is 0 Å². The molecule has 0 saturated carbocycles. The van der Waals surface area contributed by atoms with Crippen molar-refractivity contribution in [3.8, 4) is 0 Å². The van der Waals surface area contributed by atoms with Crippen LogP contribution in [-0.2, 0) is 13.5 Å². The van der Waals surface area contributed by atoms with Gasteiger partial charge in [-0.3, -0.25) is 9.48 Å².